The molecule has 1 N–H and O–H groups in total. The van der Waals surface area contributed by atoms with E-state index in [2.05, 4.69) is 5.32 Å². The number of rotatable bonds is 6. The lowest BCUT2D eigenvalue weighted by Crippen LogP contribution is -2.33. The van der Waals surface area contributed by atoms with Crippen molar-refractivity contribution in [3.05, 3.63) is 59.1 Å². The molecule has 0 aliphatic heterocycles. The normalized spacial score (nSPS) is 11.1. The van der Waals surface area contributed by atoms with Crippen LogP contribution in [-0.4, -0.2) is 27.1 Å². The van der Waals surface area contributed by atoms with Gasteiger partial charge in [-0.15, -0.1) is 0 Å². The Morgan fingerprint density at radius 1 is 1.17 bits per heavy atom. The third-order valence-corrected chi connectivity index (χ3v) is 4.85. The topological polar surface area (TPSA) is 66.5 Å². The standard InChI is InChI=1S/C17H19ClN2O3S/c1-13-6-3-4-9-16(13)20(24(2,22)23)11-10-17(21)19-15-8-5-7-14(18)12-15/h3-9,12H,10-11H2,1-2H3,(H,19,21). The minimum atomic E-state index is -3.48. The predicted octanol–water partition coefficient (Wildman–Crippen LogP) is 3.44. The smallest absolute Gasteiger partial charge is 0.232 e. The predicted molar refractivity (Wildman–Crippen MR) is 98.1 cm³/mol. The second-order valence-corrected chi connectivity index (χ2v) is 7.77. The summed E-state index contributed by atoms with van der Waals surface area (Å²) in [5.74, 6) is -0.278. The number of aryl methyl sites for hydroxylation is 1. The summed E-state index contributed by atoms with van der Waals surface area (Å²) in [5, 5.41) is 3.23. The van der Waals surface area contributed by atoms with Crippen molar-refractivity contribution >= 4 is 38.9 Å². The second kappa shape index (κ2) is 7.68. The lowest BCUT2D eigenvalue weighted by atomic mass is 10.2. The summed E-state index contributed by atoms with van der Waals surface area (Å²) in [6, 6.07) is 14.0. The molecule has 0 unspecified atom stereocenters. The number of carbonyl (C=O) groups is 1. The highest BCUT2D eigenvalue weighted by molar-refractivity contribution is 7.92. The number of nitrogens with zero attached hydrogens (tertiary/aromatic N) is 1. The first-order chi connectivity index (χ1) is 11.3. The lowest BCUT2D eigenvalue weighted by molar-refractivity contribution is -0.116. The van der Waals surface area contributed by atoms with Crippen LogP contribution in [0.4, 0.5) is 11.4 Å². The van der Waals surface area contributed by atoms with Crippen LogP contribution in [0.25, 0.3) is 0 Å². The van der Waals surface area contributed by atoms with Crippen LogP contribution in [-0.2, 0) is 14.8 Å². The molecule has 7 heteroatoms. The van der Waals surface area contributed by atoms with Crippen molar-refractivity contribution < 1.29 is 13.2 Å². The van der Waals surface area contributed by atoms with Crippen LogP contribution in [0.15, 0.2) is 48.5 Å². The Morgan fingerprint density at radius 3 is 2.50 bits per heavy atom. The van der Waals surface area contributed by atoms with Crippen LogP contribution in [0.5, 0.6) is 0 Å². The van der Waals surface area contributed by atoms with E-state index in [0.717, 1.165) is 11.8 Å². The highest BCUT2D eigenvalue weighted by atomic mass is 35.5. The van der Waals surface area contributed by atoms with E-state index in [-0.39, 0.29) is 18.9 Å². The maximum Gasteiger partial charge on any atom is 0.232 e. The Labute approximate surface area is 147 Å². The third-order valence-electron chi connectivity index (χ3n) is 3.43. The zero-order valence-electron chi connectivity index (χ0n) is 13.5. The fraction of sp³-hybridized carbons (Fsp3) is 0.235. The van der Waals surface area contributed by atoms with E-state index in [1.807, 2.05) is 19.1 Å². The first-order valence-corrected chi connectivity index (χ1v) is 9.59. The molecule has 0 radical (unpaired) electrons. The summed E-state index contributed by atoms with van der Waals surface area (Å²) in [6.45, 7) is 1.90. The molecule has 2 aromatic rings. The molecular formula is C17H19ClN2O3S. The van der Waals surface area contributed by atoms with E-state index < -0.39 is 10.0 Å². The fourth-order valence-corrected chi connectivity index (χ4v) is 3.48. The molecule has 0 aromatic heterocycles. The first-order valence-electron chi connectivity index (χ1n) is 7.36. The maximum absolute atomic E-state index is 12.1. The van der Waals surface area contributed by atoms with Gasteiger partial charge >= 0.3 is 0 Å². The number of para-hydroxylation sites is 1. The summed E-state index contributed by atoms with van der Waals surface area (Å²) in [7, 11) is -3.48. The van der Waals surface area contributed by atoms with Crippen LogP contribution >= 0.6 is 11.6 Å². The van der Waals surface area contributed by atoms with Gasteiger partial charge in [0, 0.05) is 23.7 Å². The summed E-state index contributed by atoms with van der Waals surface area (Å²) in [4.78, 5) is 12.1. The molecule has 0 saturated carbocycles. The number of anilines is 2. The van der Waals surface area contributed by atoms with Gasteiger partial charge in [-0.3, -0.25) is 9.10 Å². The van der Waals surface area contributed by atoms with Crippen molar-refractivity contribution in [2.45, 2.75) is 13.3 Å². The van der Waals surface area contributed by atoms with Gasteiger partial charge in [-0.25, -0.2) is 8.42 Å². The lowest BCUT2D eigenvalue weighted by Gasteiger charge is -2.23. The molecule has 0 heterocycles. The molecule has 128 valence electrons. The molecule has 0 aliphatic rings. The van der Waals surface area contributed by atoms with Crippen molar-refractivity contribution in [2.75, 3.05) is 22.4 Å². The fourth-order valence-electron chi connectivity index (χ4n) is 2.30. The van der Waals surface area contributed by atoms with Gasteiger partial charge in [-0.05, 0) is 36.8 Å². The Morgan fingerprint density at radius 2 is 1.88 bits per heavy atom. The van der Waals surface area contributed by atoms with Crippen LogP contribution < -0.4 is 9.62 Å². The summed E-state index contributed by atoms with van der Waals surface area (Å²) >= 11 is 5.87. The second-order valence-electron chi connectivity index (χ2n) is 5.43. The van der Waals surface area contributed by atoms with E-state index >= 15 is 0 Å². The maximum atomic E-state index is 12.1. The summed E-state index contributed by atoms with van der Waals surface area (Å²) in [6.07, 6.45) is 1.17. The molecule has 0 saturated heterocycles. The van der Waals surface area contributed by atoms with E-state index in [4.69, 9.17) is 11.6 Å². The zero-order chi connectivity index (χ0) is 17.7. The van der Waals surface area contributed by atoms with E-state index in [1.165, 1.54) is 4.31 Å². The van der Waals surface area contributed by atoms with Crippen LogP contribution in [0.2, 0.25) is 5.02 Å². The van der Waals surface area contributed by atoms with Crippen molar-refractivity contribution in [1.82, 2.24) is 0 Å². The molecule has 24 heavy (non-hydrogen) atoms. The number of nitrogens with one attached hydrogen (secondary N) is 1. The molecule has 0 spiro atoms. The van der Waals surface area contributed by atoms with Gasteiger partial charge in [-0.2, -0.15) is 0 Å². The molecule has 0 bridgehead atoms. The number of sulfonamides is 1. The van der Waals surface area contributed by atoms with Gasteiger partial charge in [-0.1, -0.05) is 35.9 Å². The van der Waals surface area contributed by atoms with Crippen LogP contribution in [0.1, 0.15) is 12.0 Å². The molecule has 2 rings (SSSR count). The number of halogens is 1. The SMILES string of the molecule is Cc1ccccc1N(CCC(=O)Nc1cccc(Cl)c1)S(C)(=O)=O. The van der Waals surface area contributed by atoms with Gasteiger partial charge in [0.1, 0.15) is 0 Å². The zero-order valence-corrected chi connectivity index (χ0v) is 15.1. The van der Waals surface area contributed by atoms with Gasteiger partial charge in [0.05, 0.1) is 11.9 Å². The Kier molecular flexibility index (Phi) is 5.85. The van der Waals surface area contributed by atoms with Gasteiger partial charge in [0.15, 0.2) is 0 Å². The van der Waals surface area contributed by atoms with Gasteiger partial charge in [0.2, 0.25) is 15.9 Å². The van der Waals surface area contributed by atoms with Crippen molar-refractivity contribution in [3.63, 3.8) is 0 Å². The van der Waals surface area contributed by atoms with Gasteiger partial charge in [0.25, 0.3) is 0 Å². The number of amides is 1. The molecule has 0 atom stereocenters. The average Bonchev–Trinajstić information content (AvgIpc) is 2.48. The highest BCUT2D eigenvalue weighted by Crippen LogP contribution is 2.22. The Hall–Kier alpha value is -2.05. The van der Waals surface area contributed by atoms with Gasteiger partial charge < -0.3 is 5.32 Å². The first kappa shape index (κ1) is 18.3. The number of carbonyl (C=O) groups excluding carboxylic acids is 1. The highest BCUT2D eigenvalue weighted by Gasteiger charge is 2.20. The quantitative estimate of drug-likeness (QED) is 0.851. The number of benzene rings is 2. The molecule has 1 amide bonds. The van der Waals surface area contributed by atoms with Crippen LogP contribution in [0.3, 0.4) is 0 Å². The largest absolute Gasteiger partial charge is 0.326 e. The minimum Gasteiger partial charge on any atom is -0.326 e. The summed E-state index contributed by atoms with van der Waals surface area (Å²) in [5.41, 5.74) is 1.99. The molecule has 2 aromatic carbocycles. The Balaban J connectivity index is 2.09. The molecule has 5 nitrogen and oxygen atoms in total. The number of hydrogen-bond donors (Lipinski definition) is 1. The van der Waals surface area contributed by atoms with Crippen molar-refractivity contribution in [2.24, 2.45) is 0 Å². The van der Waals surface area contributed by atoms with E-state index in [9.17, 15) is 13.2 Å². The molecule has 0 aliphatic carbocycles. The monoisotopic (exact) mass is 366 g/mol. The van der Waals surface area contributed by atoms with E-state index in [1.54, 1.807) is 36.4 Å². The molecular weight excluding hydrogens is 348 g/mol. The Bertz CT molecular complexity index is 837. The summed E-state index contributed by atoms with van der Waals surface area (Å²) < 4.78 is 25.4. The third kappa shape index (κ3) is 4.97. The van der Waals surface area contributed by atoms with E-state index in [0.29, 0.717) is 16.4 Å². The van der Waals surface area contributed by atoms with Crippen LogP contribution in [0, 0.1) is 6.92 Å². The van der Waals surface area contributed by atoms with Crippen molar-refractivity contribution in [1.29, 1.82) is 0 Å². The number of hydrogen-bond acceptors (Lipinski definition) is 3. The minimum absolute atomic E-state index is 0.0356. The average molecular weight is 367 g/mol. The van der Waals surface area contributed by atoms with Crippen molar-refractivity contribution in [3.8, 4) is 0 Å². The molecule has 0 fully saturated rings.